The second-order valence-electron chi connectivity index (χ2n) is 7.81. The third kappa shape index (κ3) is 4.04. The molecule has 0 atom stereocenters. The van der Waals surface area contributed by atoms with Crippen LogP contribution in [-0.4, -0.2) is 28.9 Å². The number of aromatic nitrogens is 1. The van der Waals surface area contributed by atoms with Crippen LogP contribution in [0.4, 0.5) is 0 Å². The van der Waals surface area contributed by atoms with E-state index in [-0.39, 0.29) is 17.5 Å². The van der Waals surface area contributed by atoms with Crippen LogP contribution in [-0.2, 0) is 6.54 Å². The minimum atomic E-state index is -0.133. The Kier molecular flexibility index (Phi) is 5.38. The second kappa shape index (κ2) is 8.11. The number of H-pyrrole nitrogens is 1. The summed E-state index contributed by atoms with van der Waals surface area (Å²) in [5, 5.41) is 0.989. The lowest BCUT2D eigenvalue weighted by Crippen LogP contribution is -2.39. The van der Waals surface area contributed by atoms with Crippen molar-refractivity contribution in [3.63, 3.8) is 0 Å². The Morgan fingerprint density at radius 2 is 1.83 bits per heavy atom. The number of carbonyl (C=O) groups excluding carboxylic acids is 1. The van der Waals surface area contributed by atoms with Crippen molar-refractivity contribution in [2.45, 2.75) is 45.2 Å². The molecule has 1 aromatic heterocycles. The number of benzene rings is 2. The highest BCUT2D eigenvalue weighted by Gasteiger charge is 2.28. The van der Waals surface area contributed by atoms with E-state index in [4.69, 9.17) is 4.74 Å². The first kappa shape index (κ1) is 19.2. The van der Waals surface area contributed by atoms with Gasteiger partial charge < -0.3 is 14.6 Å². The third-order valence-electron chi connectivity index (χ3n) is 5.78. The maximum absolute atomic E-state index is 13.3. The molecule has 5 nitrogen and oxygen atoms in total. The fraction of sp³-hybridized carbons (Fsp3) is 0.333. The Hall–Kier alpha value is -3.08. The number of fused-ring (bicyclic) bond motifs is 1. The highest BCUT2D eigenvalue weighted by molar-refractivity contribution is 5.94. The summed E-state index contributed by atoms with van der Waals surface area (Å²) in [6.45, 7) is 2.34. The fourth-order valence-electron chi connectivity index (χ4n) is 4.15. The van der Waals surface area contributed by atoms with Gasteiger partial charge in [-0.2, -0.15) is 0 Å². The number of ether oxygens (including phenoxy) is 1. The number of aryl methyl sites for hydroxylation is 1. The van der Waals surface area contributed by atoms with E-state index < -0.39 is 0 Å². The molecule has 1 aliphatic carbocycles. The smallest absolute Gasteiger partial charge is 0.254 e. The number of amides is 1. The van der Waals surface area contributed by atoms with E-state index in [9.17, 15) is 9.59 Å². The molecular weight excluding hydrogens is 364 g/mol. The van der Waals surface area contributed by atoms with Crippen molar-refractivity contribution in [1.29, 1.82) is 0 Å². The molecule has 1 aliphatic rings. The predicted molar refractivity (Wildman–Crippen MR) is 114 cm³/mol. The topological polar surface area (TPSA) is 62.4 Å². The molecule has 3 aromatic rings. The number of carbonyl (C=O) groups is 1. The molecule has 0 unspecified atom stereocenters. The van der Waals surface area contributed by atoms with Crippen LogP contribution >= 0.6 is 0 Å². The summed E-state index contributed by atoms with van der Waals surface area (Å²) in [4.78, 5) is 30.9. The van der Waals surface area contributed by atoms with E-state index >= 15 is 0 Å². The van der Waals surface area contributed by atoms with E-state index in [2.05, 4.69) is 11.1 Å². The second-order valence-corrected chi connectivity index (χ2v) is 7.81. The Labute approximate surface area is 170 Å². The molecule has 1 amide bonds. The van der Waals surface area contributed by atoms with Gasteiger partial charge in [0.15, 0.2) is 0 Å². The van der Waals surface area contributed by atoms with E-state index in [0.29, 0.717) is 17.7 Å². The molecular formula is C24H26N2O3. The van der Waals surface area contributed by atoms with Gasteiger partial charge in [0.25, 0.3) is 11.5 Å². The quantitative estimate of drug-likeness (QED) is 0.701. The molecule has 1 saturated carbocycles. The molecule has 1 heterocycles. The van der Waals surface area contributed by atoms with Crippen LogP contribution in [0.2, 0.25) is 0 Å². The van der Waals surface area contributed by atoms with Crippen molar-refractivity contribution in [2.24, 2.45) is 0 Å². The molecule has 0 spiro atoms. The summed E-state index contributed by atoms with van der Waals surface area (Å²) < 4.78 is 5.20. The number of nitrogens with zero attached hydrogens (tertiary/aromatic N) is 1. The Bertz CT molecular complexity index is 1080. The number of nitrogens with one attached hydrogen (secondary N) is 1. The predicted octanol–water partition coefficient (Wildman–Crippen LogP) is 4.43. The van der Waals surface area contributed by atoms with Gasteiger partial charge in [-0.15, -0.1) is 0 Å². The fourth-order valence-corrected chi connectivity index (χ4v) is 4.15. The molecule has 0 saturated heterocycles. The van der Waals surface area contributed by atoms with Crippen molar-refractivity contribution in [2.75, 3.05) is 7.11 Å². The van der Waals surface area contributed by atoms with Crippen LogP contribution in [0.5, 0.6) is 5.75 Å². The van der Waals surface area contributed by atoms with Crippen LogP contribution in [0, 0.1) is 6.92 Å². The number of pyridine rings is 1. The van der Waals surface area contributed by atoms with Gasteiger partial charge in [-0.25, -0.2) is 0 Å². The average Bonchev–Trinajstić information content (AvgIpc) is 3.26. The molecule has 0 radical (unpaired) electrons. The molecule has 29 heavy (non-hydrogen) atoms. The molecule has 1 fully saturated rings. The van der Waals surface area contributed by atoms with E-state index in [0.717, 1.165) is 47.9 Å². The van der Waals surface area contributed by atoms with Crippen LogP contribution in [0.25, 0.3) is 10.9 Å². The number of rotatable bonds is 5. The lowest BCUT2D eigenvalue weighted by Gasteiger charge is -2.29. The molecule has 2 aromatic carbocycles. The normalized spacial score (nSPS) is 14.3. The zero-order valence-corrected chi connectivity index (χ0v) is 16.9. The van der Waals surface area contributed by atoms with E-state index in [1.165, 1.54) is 0 Å². The summed E-state index contributed by atoms with van der Waals surface area (Å²) >= 11 is 0. The Balaban J connectivity index is 1.68. The summed E-state index contributed by atoms with van der Waals surface area (Å²) in [6.07, 6.45) is 4.19. The van der Waals surface area contributed by atoms with Crippen LogP contribution < -0.4 is 10.3 Å². The zero-order valence-electron chi connectivity index (χ0n) is 16.9. The van der Waals surface area contributed by atoms with Gasteiger partial charge in [0.05, 0.1) is 13.7 Å². The monoisotopic (exact) mass is 390 g/mol. The first-order valence-corrected chi connectivity index (χ1v) is 10.1. The third-order valence-corrected chi connectivity index (χ3v) is 5.78. The van der Waals surface area contributed by atoms with Crippen molar-refractivity contribution < 1.29 is 9.53 Å². The van der Waals surface area contributed by atoms with Crippen LogP contribution in [0.3, 0.4) is 0 Å². The van der Waals surface area contributed by atoms with E-state index in [1.807, 2.05) is 30.0 Å². The maximum atomic E-state index is 13.3. The molecule has 0 aliphatic heterocycles. The highest BCUT2D eigenvalue weighted by Crippen LogP contribution is 2.27. The molecule has 4 rings (SSSR count). The lowest BCUT2D eigenvalue weighted by atomic mass is 10.1. The number of aromatic amines is 1. The lowest BCUT2D eigenvalue weighted by molar-refractivity contribution is 0.0664. The van der Waals surface area contributed by atoms with Gasteiger partial charge >= 0.3 is 0 Å². The highest BCUT2D eigenvalue weighted by atomic mass is 16.5. The first-order valence-electron chi connectivity index (χ1n) is 10.1. The van der Waals surface area contributed by atoms with Gasteiger partial charge in [-0.1, -0.05) is 24.5 Å². The zero-order chi connectivity index (χ0) is 20.4. The van der Waals surface area contributed by atoms with Crippen molar-refractivity contribution in [3.05, 3.63) is 75.6 Å². The number of methoxy groups -OCH3 is 1. The Morgan fingerprint density at radius 3 is 2.52 bits per heavy atom. The molecule has 1 N–H and O–H groups in total. The summed E-state index contributed by atoms with van der Waals surface area (Å²) in [5.74, 6) is 0.679. The maximum Gasteiger partial charge on any atom is 0.254 e. The van der Waals surface area contributed by atoms with Gasteiger partial charge in [0.1, 0.15) is 5.75 Å². The van der Waals surface area contributed by atoms with Crippen LogP contribution in [0.1, 0.15) is 47.2 Å². The van der Waals surface area contributed by atoms with Crippen molar-refractivity contribution >= 4 is 16.8 Å². The standard InChI is InChI=1S/C24H26N2O3/c1-16-7-12-22-18(13-16)14-19(23(27)25-22)15-26(20-5-3-4-6-20)24(28)17-8-10-21(29-2)11-9-17/h7-14,20H,3-6,15H2,1-2H3,(H,25,27). The van der Waals surface area contributed by atoms with Crippen LogP contribution in [0.15, 0.2) is 53.3 Å². The first-order chi connectivity index (χ1) is 14.0. The minimum absolute atomic E-state index is 0.0386. The largest absolute Gasteiger partial charge is 0.497 e. The van der Waals surface area contributed by atoms with Crippen molar-refractivity contribution in [3.8, 4) is 5.75 Å². The SMILES string of the molecule is COc1ccc(C(=O)N(Cc2cc3cc(C)ccc3[nH]c2=O)C2CCCC2)cc1. The van der Waals surface area contributed by atoms with Crippen molar-refractivity contribution in [1.82, 2.24) is 9.88 Å². The van der Waals surface area contributed by atoms with Gasteiger partial charge in [0.2, 0.25) is 0 Å². The van der Waals surface area contributed by atoms with Gasteiger partial charge in [-0.3, -0.25) is 9.59 Å². The summed E-state index contributed by atoms with van der Waals surface area (Å²) in [5.41, 5.74) is 3.06. The average molecular weight is 390 g/mol. The number of hydrogen-bond acceptors (Lipinski definition) is 3. The molecule has 0 bridgehead atoms. The molecule has 5 heteroatoms. The van der Waals surface area contributed by atoms with Gasteiger partial charge in [0, 0.05) is 22.7 Å². The van der Waals surface area contributed by atoms with E-state index in [1.54, 1.807) is 31.4 Å². The number of hydrogen-bond donors (Lipinski definition) is 1. The minimum Gasteiger partial charge on any atom is -0.497 e. The summed E-state index contributed by atoms with van der Waals surface area (Å²) in [6, 6.07) is 15.2. The Morgan fingerprint density at radius 1 is 1.10 bits per heavy atom. The van der Waals surface area contributed by atoms with Gasteiger partial charge in [-0.05, 0) is 67.6 Å². The summed E-state index contributed by atoms with van der Waals surface area (Å²) in [7, 11) is 1.61. The molecule has 150 valence electrons.